The van der Waals surface area contributed by atoms with Crippen molar-refractivity contribution < 1.29 is 9.90 Å². The van der Waals surface area contributed by atoms with Crippen LogP contribution in [0.5, 0.6) is 0 Å². The van der Waals surface area contributed by atoms with Crippen molar-refractivity contribution in [3.8, 4) is 0 Å². The first-order valence-electron chi connectivity index (χ1n) is 7.73. The SMILES string of the molecule is Cn1ccc(C(=O)N2CCCC2C2CCCC2O)cc1=O. The molecule has 0 radical (unpaired) electrons. The second kappa shape index (κ2) is 5.64. The minimum absolute atomic E-state index is 0.0747. The average molecular weight is 290 g/mol. The quantitative estimate of drug-likeness (QED) is 0.889. The largest absolute Gasteiger partial charge is 0.393 e. The number of pyridine rings is 1. The molecule has 1 saturated heterocycles. The fraction of sp³-hybridized carbons (Fsp3) is 0.625. The minimum atomic E-state index is -0.285. The summed E-state index contributed by atoms with van der Waals surface area (Å²) in [5, 5.41) is 10.1. The zero-order valence-corrected chi connectivity index (χ0v) is 12.4. The van der Waals surface area contributed by atoms with Crippen LogP contribution >= 0.6 is 0 Å². The number of carbonyl (C=O) groups excluding carboxylic acids is 1. The molecule has 1 aromatic heterocycles. The molecule has 1 aliphatic heterocycles. The van der Waals surface area contributed by atoms with Crippen LogP contribution in [0.2, 0.25) is 0 Å². The first-order chi connectivity index (χ1) is 10.1. The monoisotopic (exact) mass is 290 g/mol. The van der Waals surface area contributed by atoms with Gasteiger partial charge in [-0.3, -0.25) is 9.59 Å². The van der Waals surface area contributed by atoms with Gasteiger partial charge in [-0.1, -0.05) is 6.42 Å². The Kier molecular flexibility index (Phi) is 3.85. The number of hydrogen-bond donors (Lipinski definition) is 1. The van der Waals surface area contributed by atoms with Gasteiger partial charge in [0.2, 0.25) is 0 Å². The third-order valence-electron chi connectivity index (χ3n) is 4.94. The van der Waals surface area contributed by atoms with Crippen LogP contribution in [0.1, 0.15) is 42.5 Å². The summed E-state index contributed by atoms with van der Waals surface area (Å²) < 4.78 is 1.46. The van der Waals surface area contributed by atoms with Crippen molar-refractivity contribution in [1.82, 2.24) is 9.47 Å². The summed E-state index contributed by atoms with van der Waals surface area (Å²) in [7, 11) is 1.67. The molecule has 5 nitrogen and oxygen atoms in total. The highest BCUT2D eigenvalue weighted by molar-refractivity contribution is 5.94. The molecule has 2 fully saturated rings. The summed E-state index contributed by atoms with van der Waals surface area (Å²) in [6, 6.07) is 3.23. The van der Waals surface area contributed by atoms with Gasteiger partial charge in [-0.2, -0.15) is 0 Å². The van der Waals surface area contributed by atoms with Gasteiger partial charge in [0.05, 0.1) is 6.10 Å². The van der Waals surface area contributed by atoms with Crippen LogP contribution < -0.4 is 5.56 Å². The summed E-state index contributed by atoms with van der Waals surface area (Å²) in [5.41, 5.74) is 0.287. The van der Waals surface area contributed by atoms with Crippen molar-refractivity contribution >= 4 is 5.91 Å². The molecule has 1 saturated carbocycles. The number of hydrogen-bond acceptors (Lipinski definition) is 3. The van der Waals surface area contributed by atoms with Crippen LogP contribution in [0.4, 0.5) is 0 Å². The van der Waals surface area contributed by atoms with Crippen molar-refractivity contribution in [3.63, 3.8) is 0 Å². The Labute approximate surface area is 124 Å². The molecule has 2 aliphatic rings. The van der Waals surface area contributed by atoms with Crippen molar-refractivity contribution in [3.05, 3.63) is 34.2 Å². The molecule has 1 aromatic rings. The molecule has 5 heteroatoms. The Morgan fingerprint density at radius 2 is 2.10 bits per heavy atom. The lowest BCUT2D eigenvalue weighted by molar-refractivity contribution is 0.0527. The van der Waals surface area contributed by atoms with Gasteiger partial charge < -0.3 is 14.6 Å². The number of likely N-dealkylation sites (tertiary alicyclic amines) is 1. The Balaban J connectivity index is 1.82. The molecule has 114 valence electrons. The van der Waals surface area contributed by atoms with Crippen LogP contribution in [-0.2, 0) is 7.05 Å². The maximum Gasteiger partial charge on any atom is 0.254 e. The number of aromatic nitrogens is 1. The second-order valence-corrected chi connectivity index (χ2v) is 6.23. The van der Waals surface area contributed by atoms with Gasteiger partial charge in [-0.05, 0) is 31.7 Å². The highest BCUT2D eigenvalue weighted by Crippen LogP contribution is 2.36. The van der Waals surface area contributed by atoms with Gasteiger partial charge in [-0.15, -0.1) is 0 Å². The van der Waals surface area contributed by atoms with Crippen molar-refractivity contribution in [2.45, 2.75) is 44.2 Å². The molecule has 3 atom stereocenters. The number of nitrogens with zero attached hydrogens (tertiary/aromatic N) is 2. The molecule has 0 bridgehead atoms. The molecular formula is C16H22N2O3. The van der Waals surface area contributed by atoms with E-state index in [9.17, 15) is 14.7 Å². The van der Waals surface area contributed by atoms with E-state index < -0.39 is 0 Å². The Hall–Kier alpha value is -1.62. The smallest absolute Gasteiger partial charge is 0.254 e. The maximum absolute atomic E-state index is 12.7. The summed E-state index contributed by atoms with van der Waals surface area (Å²) in [6.45, 7) is 0.724. The Morgan fingerprint density at radius 3 is 2.76 bits per heavy atom. The lowest BCUT2D eigenvalue weighted by Gasteiger charge is -2.31. The molecule has 1 N–H and O–H groups in total. The van der Waals surface area contributed by atoms with E-state index in [2.05, 4.69) is 0 Å². The zero-order chi connectivity index (χ0) is 15.0. The average Bonchev–Trinajstić information content (AvgIpc) is 3.09. The van der Waals surface area contributed by atoms with Crippen molar-refractivity contribution in [2.75, 3.05) is 6.54 Å². The van der Waals surface area contributed by atoms with Gasteiger partial charge in [0.1, 0.15) is 0 Å². The molecular weight excluding hydrogens is 268 g/mol. The second-order valence-electron chi connectivity index (χ2n) is 6.23. The minimum Gasteiger partial charge on any atom is -0.393 e. The molecule has 0 spiro atoms. The number of rotatable bonds is 2. The third-order valence-corrected chi connectivity index (χ3v) is 4.94. The van der Waals surface area contributed by atoms with E-state index in [1.807, 2.05) is 4.90 Å². The predicted molar refractivity (Wildman–Crippen MR) is 79.1 cm³/mol. The lowest BCUT2D eigenvalue weighted by Crippen LogP contribution is -2.42. The van der Waals surface area contributed by atoms with Gasteiger partial charge >= 0.3 is 0 Å². The van der Waals surface area contributed by atoms with Crippen LogP contribution in [0.15, 0.2) is 23.1 Å². The number of carbonyl (C=O) groups is 1. The fourth-order valence-electron chi connectivity index (χ4n) is 3.76. The standard InChI is InChI=1S/C16H22N2O3/c1-17-9-7-11(10-15(17)20)16(21)18-8-3-5-13(18)12-4-2-6-14(12)19/h7,9-10,12-14,19H,2-6,8H2,1H3. The van der Waals surface area contributed by atoms with Crippen LogP contribution in [0.25, 0.3) is 0 Å². The number of amides is 1. The highest BCUT2D eigenvalue weighted by Gasteiger charge is 2.40. The molecule has 1 aliphatic carbocycles. The molecule has 3 rings (SSSR count). The molecule has 0 aromatic carbocycles. The van der Waals surface area contributed by atoms with Crippen LogP contribution in [0, 0.1) is 5.92 Å². The summed E-state index contributed by atoms with van der Waals surface area (Å²) in [4.78, 5) is 26.3. The van der Waals surface area contributed by atoms with E-state index in [4.69, 9.17) is 0 Å². The van der Waals surface area contributed by atoms with E-state index in [0.29, 0.717) is 5.56 Å². The highest BCUT2D eigenvalue weighted by atomic mass is 16.3. The number of aliphatic hydroxyl groups is 1. The lowest BCUT2D eigenvalue weighted by atomic mass is 9.93. The van der Waals surface area contributed by atoms with Crippen molar-refractivity contribution in [2.24, 2.45) is 13.0 Å². The summed E-state index contributed by atoms with van der Waals surface area (Å²) in [6.07, 6.45) is 6.15. The van der Waals surface area contributed by atoms with Gasteiger partial charge in [0.15, 0.2) is 0 Å². The van der Waals surface area contributed by atoms with Crippen LogP contribution in [0.3, 0.4) is 0 Å². The summed E-state index contributed by atoms with van der Waals surface area (Å²) >= 11 is 0. The first kappa shape index (κ1) is 14.3. The summed E-state index contributed by atoms with van der Waals surface area (Å²) in [5.74, 6) is 0.122. The molecule has 21 heavy (non-hydrogen) atoms. The van der Waals surface area contributed by atoms with E-state index in [1.54, 1.807) is 19.3 Å². The normalized spacial score (nSPS) is 29.0. The molecule has 1 amide bonds. The van der Waals surface area contributed by atoms with E-state index >= 15 is 0 Å². The van der Waals surface area contributed by atoms with Crippen molar-refractivity contribution in [1.29, 1.82) is 0 Å². The van der Waals surface area contributed by atoms with Gasteiger partial charge in [0.25, 0.3) is 11.5 Å². The first-order valence-corrected chi connectivity index (χ1v) is 7.73. The fourth-order valence-corrected chi connectivity index (χ4v) is 3.76. The van der Waals surface area contributed by atoms with Crippen LogP contribution in [-0.4, -0.2) is 39.2 Å². The predicted octanol–water partition coefficient (Wildman–Crippen LogP) is 1.15. The zero-order valence-electron chi connectivity index (χ0n) is 12.4. The number of aliphatic hydroxyl groups excluding tert-OH is 1. The topological polar surface area (TPSA) is 62.5 Å². The van der Waals surface area contributed by atoms with E-state index in [0.717, 1.165) is 38.6 Å². The molecule has 2 heterocycles. The van der Waals surface area contributed by atoms with E-state index in [-0.39, 0.29) is 29.5 Å². The van der Waals surface area contributed by atoms with E-state index in [1.165, 1.54) is 10.6 Å². The number of aryl methyl sites for hydroxylation is 1. The molecule has 3 unspecified atom stereocenters. The Bertz CT molecular complexity index is 595. The maximum atomic E-state index is 12.7. The van der Waals surface area contributed by atoms with Gasteiger partial charge in [-0.25, -0.2) is 0 Å². The Morgan fingerprint density at radius 1 is 1.29 bits per heavy atom. The van der Waals surface area contributed by atoms with Gasteiger partial charge in [0, 0.05) is 43.4 Å². The third kappa shape index (κ3) is 2.62.